The molecule has 0 atom stereocenters. The van der Waals surface area contributed by atoms with Crippen LogP contribution >= 0.6 is 0 Å². The number of nitrogens with zero attached hydrogens (tertiary/aromatic N) is 3. The second-order valence-electron chi connectivity index (χ2n) is 5.74. The number of para-hydroxylation sites is 1. The lowest BCUT2D eigenvalue weighted by Gasteiger charge is -2.09. The van der Waals surface area contributed by atoms with Crippen molar-refractivity contribution in [2.45, 2.75) is 13.0 Å². The maximum atomic E-state index is 12.2. The van der Waals surface area contributed by atoms with Gasteiger partial charge in [-0.15, -0.1) is 0 Å². The molecule has 0 aliphatic rings. The summed E-state index contributed by atoms with van der Waals surface area (Å²) < 4.78 is 2.02. The Bertz CT molecular complexity index is 906. The Kier molecular flexibility index (Phi) is 5.38. The lowest BCUT2D eigenvalue weighted by Crippen LogP contribution is -2.27. The Balaban J connectivity index is 1.60. The van der Waals surface area contributed by atoms with E-state index in [-0.39, 0.29) is 11.3 Å². The number of carbonyl (C=O) groups is 1. The van der Waals surface area contributed by atoms with Crippen LogP contribution in [0.2, 0.25) is 0 Å². The fourth-order valence-electron chi connectivity index (χ4n) is 2.70. The molecule has 0 saturated heterocycles. The highest BCUT2D eigenvalue weighted by Gasteiger charge is 2.18. The summed E-state index contributed by atoms with van der Waals surface area (Å²) in [7, 11) is 0. The second-order valence-corrected chi connectivity index (χ2v) is 5.74. The van der Waals surface area contributed by atoms with Gasteiger partial charge in [0.25, 0.3) is 11.6 Å². The van der Waals surface area contributed by atoms with Gasteiger partial charge in [-0.05, 0) is 11.6 Å². The fourth-order valence-corrected chi connectivity index (χ4v) is 2.70. The number of nitro groups is 1. The van der Waals surface area contributed by atoms with Gasteiger partial charge >= 0.3 is 0 Å². The van der Waals surface area contributed by atoms with E-state index in [0.717, 1.165) is 11.4 Å². The van der Waals surface area contributed by atoms with E-state index in [0.29, 0.717) is 19.5 Å². The topological polar surface area (TPSA) is 90.1 Å². The zero-order valence-corrected chi connectivity index (χ0v) is 14.0. The van der Waals surface area contributed by atoms with Gasteiger partial charge in [0.2, 0.25) is 0 Å². The van der Waals surface area contributed by atoms with E-state index in [4.69, 9.17) is 0 Å². The number of rotatable bonds is 7. The lowest BCUT2D eigenvalue weighted by atomic mass is 10.1. The first-order valence-corrected chi connectivity index (χ1v) is 8.20. The zero-order valence-electron chi connectivity index (χ0n) is 14.0. The molecule has 26 heavy (non-hydrogen) atoms. The minimum atomic E-state index is -0.554. The van der Waals surface area contributed by atoms with Crippen LogP contribution in [0.15, 0.2) is 67.0 Å². The molecule has 3 aromatic rings. The molecule has 7 nitrogen and oxygen atoms in total. The molecular formula is C19H18N4O3. The number of carbonyl (C=O) groups excluding carboxylic acids is 1. The summed E-state index contributed by atoms with van der Waals surface area (Å²) in [5.41, 5.74) is 1.02. The highest BCUT2D eigenvalue weighted by atomic mass is 16.6. The van der Waals surface area contributed by atoms with Crippen LogP contribution in [0.1, 0.15) is 21.7 Å². The van der Waals surface area contributed by atoms with Crippen molar-refractivity contribution in [2.75, 3.05) is 6.54 Å². The van der Waals surface area contributed by atoms with Crippen molar-refractivity contribution < 1.29 is 9.72 Å². The first-order valence-electron chi connectivity index (χ1n) is 8.20. The summed E-state index contributed by atoms with van der Waals surface area (Å²) in [6, 6.07) is 15.9. The number of benzene rings is 2. The Hall–Kier alpha value is -3.48. The molecule has 132 valence electrons. The predicted octanol–water partition coefficient (Wildman–Crippen LogP) is 2.81. The molecule has 0 radical (unpaired) electrons. The van der Waals surface area contributed by atoms with Gasteiger partial charge in [0.05, 0.1) is 4.92 Å². The summed E-state index contributed by atoms with van der Waals surface area (Å²) >= 11 is 0. The number of hydrogen-bond donors (Lipinski definition) is 1. The lowest BCUT2D eigenvalue weighted by molar-refractivity contribution is -0.385. The van der Waals surface area contributed by atoms with Gasteiger partial charge < -0.3 is 9.88 Å². The SMILES string of the molecule is O=C(NCCc1nccn1Cc1ccccc1)c1ccccc1[N+](=O)[O-]. The molecule has 1 heterocycles. The zero-order chi connectivity index (χ0) is 18.4. The van der Waals surface area contributed by atoms with Crippen molar-refractivity contribution in [1.29, 1.82) is 0 Å². The normalized spacial score (nSPS) is 10.5. The molecule has 0 spiro atoms. The van der Waals surface area contributed by atoms with Crippen LogP contribution in [0.5, 0.6) is 0 Å². The van der Waals surface area contributed by atoms with Crippen LogP contribution in [0.4, 0.5) is 5.69 Å². The molecule has 0 aliphatic heterocycles. The van der Waals surface area contributed by atoms with E-state index in [2.05, 4.69) is 10.3 Å². The molecule has 2 aromatic carbocycles. The van der Waals surface area contributed by atoms with E-state index in [9.17, 15) is 14.9 Å². The highest BCUT2D eigenvalue weighted by Crippen LogP contribution is 2.17. The minimum Gasteiger partial charge on any atom is -0.351 e. The Morgan fingerprint density at radius 3 is 2.62 bits per heavy atom. The highest BCUT2D eigenvalue weighted by molar-refractivity contribution is 5.98. The monoisotopic (exact) mass is 350 g/mol. The maximum absolute atomic E-state index is 12.2. The van der Waals surface area contributed by atoms with Crippen molar-refractivity contribution in [3.8, 4) is 0 Å². The molecule has 0 unspecified atom stereocenters. The summed E-state index contributed by atoms with van der Waals surface area (Å²) in [6.07, 6.45) is 4.15. The van der Waals surface area contributed by atoms with E-state index in [1.807, 2.05) is 41.1 Å². The number of hydrogen-bond acceptors (Lipinski definition) is 4. The van der Waals surface area contributed by atoms with Crippen LogP contribution in [0.3, 0.4) is 0 Å². The van der Waals surface area contributed by atoms with Gasteiger partial charge in [0.1, 0.15) is 11.4 Å². The summed E-state index contributed by atoms with van der Waals surface area (Å²) in [6.45, 7) is 1.05. The van der Waals surface area contributed by atoms with Crippen LogP contribution in [-0.4, -0.2) is 26.9 Å². The van der Waals surface area contributed by atoms with E-state index < -0.39 is 10.8 Å². The van der Waals surface area contributed by atoms with E-state index in [1.165, 1.54) is 18.2 Å². The smallest absolute Gasteiger partial charge is 0.282 e. The van der Waals surface area contributed by atoms with Gasteiger partial charge in [-0.1, -0.05) is 42.5 Å². The van der Waals surface area contributed by atoms with Crippen LogP contribution in [-0.2, 0) is 13.0 Å². The van der Waals surface area contributed by atoms with Crippen molar-refractivity contribution in [1.82, 2.24) is 14.9 Å². The third-order valence-corrected chi connectivity index (χ3v) is 3.98. The van der Waals surface area contributed by atoms with Gasteiger partial charge in [-0.25, -0.2) is 4.98 Å². The molecule has 0 aliphatic carbocycles. The molecular weight excluding hydrogens is 332 g/mol. The Morgan fingerprint density at radius 2 is 1.85 bits per heavy atom. The molecule has 0 bridgehead atoms. The minimum absolute atomic E-state index is 0.0603. The Morgan fingerprint density at radius 1 is 1.12 bits per heavy atom. The molecule has 1 N–H and O–H groups in total. The first kappa shape index (κ1) is 17.3. The van der Waals surface area contributed by atoms with Gasteiger partial charge in [-0.3, -0.25) is 14.9 Å². The predicted molar refractivity (Wildman–Crippen MR) is 96.9 cm³/mol. The van der Waals surface area contributed by atoms with Gasteiger partial charge in [0.15, 0.2) is 0 Å². The summed E-state index contributed by atoms with van der Waals surface area (Å²) in [5.74, 6) is 0.384. The number of nitrogens with one attached hydrogen (secondary N) is 1. The first-order chi connectivity index (χ1) is 12.6. The Labute approximate surface area is 150 Å². The molecule has 3 rings (SSSR count). The molecule has 0 saturated carbocycles. The fraction of sp³-hybridized carbons (Fsp3) is 0.158. The van der Waals surface area contributed by atoms with Crippen LogP contribution in [0.25, 0.3) is 0 Å². The van der Waals surface area contributed by atoms with Gasteiger partial charge in [-0.2, -0.15) is 0 Å². The summed E-state index contributed by atoms with van der Waals surface area (Å²) in [4.78, 5) is 27.0. The van der Waals surface area contributed by atoms with Crippen LogP contribution in [0, 0.1) is 10.1 Å². The molecule has 0 fully saturated rings. The standard InChI is InChI=1S/C19H18N4O3/c24-19(16-8-4-5-9-17(16)23(25)26)21-11-10-18-20-12-13-22(18)14-15-6-2-1-3-7-15/h1-9,12-13H,10-11,14H2,(H,21,24). The van der Waals surface area contributed by atoms with E-state index >= 15 is 0 Å². The average Bonchev–Trinajstić information content (AvgIpc) is 3.09. The maximum Gasteiger partial charge on any atom is 0.282 e. The molecule has 7 heteroatoms. The molecule has 1 amide bonds. The number of aromatic nitrogens is 2. The van der Waals surface area contributed by atoms with Crippen molar-refractivity contribution in [3.63, 3.8) is 0 Å². The quantitative estimate of drug-likeness (QED) is 0.524. The number of imidazole rings is 1. The number of amides is 1. The molecule has 1 aromatic heterocycles. The second kappa shape index (κ2) is 8.06. The van der Waals surface area contributed by atoms with Gasteiger partial charge in [0, 0.05) is 38.0 Å². The third-order valence-electron chi connectivity index (χ3n) is 3.98. The van der Waals surface area contributed by atoms with Crippen molar-refractivity contribution in [3.05, 3.63) is 94.1 Å². The number of nitro benzene ring substituents is 1. The third kappa shape index (κ3) is 4.13. The largest absolute Gasteiger partial charge is 0.351 e. The average molecular weight is 350 g/mol. The van der Waals surface area contributed by atoms with Crippen molar-refractivity contribution >= 4 is 11.6 Å². The van der Waals surface area contributed by atoms with Crippen molar-refractivity contribution in [2.24, 2.45) is 0 Å². The summed E-state index contributed by atoms with van der Waals surface area (Å²) in [5, 5.41) is 13.7. The van der Waals surface area contributed by atoms with Crippen LogP contribution < -0.4 is 5.32 Å². The van der Waals surface area contributed by atoms with E-state index in [1.54, 1.807) is 12.3 Å².